The molecular formula is C16H16N6O. The van der Waals surface area contributed by atoms with Crippen LogP contribution >= 0.6 is 0 Å². The molecule has 3 aromatic rings. The van der Waals surface area contributed by atoms with Crippen molar-refractivity contribution in [3.63, 3.8) is 0 Å². The van der Waals surface area contributed by atoms with Crippen LogP contribution in [0.2, 0.25) is 0 Å². The number of rotatable bonds is 2. The third kappa shape index (κ3) is 2.34. The molecule has 1 amide bonds. The highest BCUT2D eigenvalue weighted by molar-refractivity contribution is 5.99. The lowest BCUT2D eigenvalue weighted by Gasteiger charge is -2.24. The number of hydrogen-bond acceptors (Lipinski definition) is 5. The van der Waals surface area contributed by atoms with Gasteiger partial charge in [0.15, 0.2) is 5.65 Å². The number of carbonyl (C=O) groups is 1. The lowest BCUT2D eigenvalue weighted by atomic mass is 10.1. The molecular weight excluding hydrogens is 292 g/mol. The largest absolute Gasteiger partial charge is 0.330 e. The Kier molecular flexibility index (Phi) is 3.25. The van der Waals surface area contributed by atoms with Crippen molar-refractivity contribution in [2.75, 3.05) is 6.54 Å². The molecule has 7 heteroatoms. The number of amides is 1. The molecule has 0 aromatic carbocycles. The summed E-state index contributed by atoms with van der Waals surface area (Å²) in [6.45, 7) is 2.58. The predicted molar refractivity (Wildman–Crippen MR) is 82.8 cm³/mol. The van der Waals surface area contributed by atoms with E-state index in [1.54, 1.807) is 35.4 Å². The molecule has 0 aliphatic carbocycles. The minimum Gasteiger partial charge on any atom is -0.330 e. The number of carbonyl (C=O) groups excluding carboxylic acids is 1. The second-order valence-electron chi connectivity index (χ2n) is 5.63. The molecule has 4 heterocycles. The van der Waals surface area contributed by atoms with Gasteiger partial charge in [-0.1, -0.05) is 0 Å². The van der Waals surface area contributed by atoms with Gasteiger partial charge in [-0.15, -0.1) is 0 Å². The van der Waals surface area contributed by atoms with Gasteiger partial charge in [-0.3, -0.25) is 4.79 Å². The first-order chi connectivity index (χ1) is 11.2. The molecule has 1 aliphatic heterocycles. The first kappa shape index (κ1) is 13.8. The van der Waals surface area contributed by atoms with Crippen molar-refractivity contribution in [3.05, 3.63) is 54.0 Å². The van der Waals surface area contributed by atoms with Crippen LogP contribution in [0.15, 0.2) is 36.9 Å². The molecule has 0 N–H and O–H groups in total. The van der Waals surface area contributed by atoms with Gasteiger partial charge in [0.2, 0.25) is 0 Å². The second kappa shape index (κ2) is 5.42. The molecule has 0 spiro atoms. The maximum absolute atomic E-state index is 13.0. The van der Waals surface area contributed by atoms with Gasteiger partial charge in [-0.25, -0.2) is 19.5 Å². The minimum absolute atomic E-state index is 0.0112. The van der Waals surface area contributed by atoms with Crippen LogP contribution in [0.4, 0.5) is 0 Å². The highest BCUT2D eigenvalue weighted by Gasteiger charge is 2.33. The maximum atomic E-state index is 13.0. The van der Waals surface area contributed by atoms with E-state index in [1.165, 1.54) is 0 Å². The van der Waals surface area contributed by atoms with Crippen LogP contribution in [0.3, 0.4) is 0 Å². The van der Waals surface area contributed by atoms with Gasteiger partial charge < -0.3 is 4.90 Å². The Balaban J connectivity index is 1.70. The average Bonchev–Trinajstić information content (AvgIpc) is 3.21. The van der Waals surface area contributed by atoms with E-state index in [4.69, 9.17) is 0 Å². The van der Waals surface area contributed by atoms with Crippen LogP contribution in [0.5, 0.6) is 0 Å². The van der Waals surface area contributed by atoms with E-state index in [1.807, 2.05) is 17.9 Å². The quantitative estimate of drug-likeness (QED) is 0.721. The Morgan fingerprint density at radius 1 is 1.30 bits per heavy atom. The molecule has 0 saturated carbocycles. The van der Waals surface area contributed by atoms with Crippen LogP contribution in [0, 0.1) is 6.92 Å². The Morgan fingerprint density at radius 3 is 3.09 bits per heavy atom. The van der Waals surface area contributed by atoms with E-state index in [9.17, 15) is 4.79 Å². The fourth-order valence-electron chi connectivity index (χ4n) is 3.11. The highest BCUT2D eigenvalue weighted by atomic mass is 16.2. The van der Waals surface area contributed by atoms with Gasteiger partial charge in [0.1, 0.15) is 11.4 Å². The number of fused-ring (bicyclic) bond motifs is 1. The Labute approximate surface area is 133 Å². The normalized spacial score (nSPS) is 17.8. The third-order valence-corrected chi connectivity index (χ3v) is 4.16. The smallest absolute Gasteiger partial charge is 0.259 e. The van der Waals surface area contributed by atoms with Gasteiger partial charge in [0.05, 0.1) is 17.9 Å². The molecule has 23 heavy (non-hydrogen) atoms. The lowest BCUT2D eigenvalue weighted by molar-refractivity contribution is 0.0734. The summed E-state index contributed by atoms with van der Waals surface area (Å²) in [7, 11) is 0. The number of likely N-dealkylation sites (tertiary alicyclic amines) is 1. The molecule has 0 unspecified atom stereocenters. The monoisotopic (exact) mass is 308 g/mol. The van der Waals surface area contributed by atoms with Crippen LogP contribution in [0.25, 0.3) is 5.65 Å². The van der Waals surface area contributed by atoms with Crippen LogP contribution in [0.1, 0.15) is 40.8 Å². The topological polar surface area (TPSA) is 76.3 Å². The van der Waals surface area contributed by atoms with E-state index < -0.39 is 0 Å². The summed E-state index contributed by atoms with van der Waals surface area (Å²) < 4.78 is 1.62. The summed E-state index contributed by atoms with van der Waals surface area (Å²) >= 11 is 0. The van der Waals surface area contributed by atoms with Crippen molar-refractivity contribution >= 4 is 11.6 Å². The Bertz CT molecular complexity index is 874. The number of aromatic nitrogens is 5. The van der Waals surface area contributed by atoms with Crippen molar-refractivity contribution in [2.45, 2.75) is 25.8 Å². The zero-order chi connectivity index (χ0) is 15.8. The lowest BCUT2D eigenvalue weighted by Crippen LogP contribution is -2.31. The summed E-state index contributed by atoms with van der Waals surface area (Å²) in [4.78, 5) is 27.7. The first-order valence-corrected chi connectivity index (χ1v) is 7.63. The average molecular weight is 308 g/mol. The molecule has 0 radical (unpaired) electrons. The van der Waals surface area contributed by atoms with Crippen molar-refractivity contribution in [1.82, 2.24) is 29.5 Å². The van der Waals surface area contributed by atoms with Crippen LogP contribution in [-0.2, 0) is 0 Å². The van der Waals surface area contributed by atoms with Crippen molar-refractivity contribution in [2.24, 2.45) is 0 Å². The molecule has 1 fully saturated rings. The first-order valence-electron chi connectivity index (χ1n) is 7.63. The molecule has 4 rings (SSSR count). The van der Waals surface area contributed by atoms with Gasteiger partial charge in [0, 0.05) is 25.1 Å². The van der Waals surface area contributed by atoms with E-state index in [2.05, 4.69) is 20.1 Å². The molecule has 0 bridgehead atoms. The molecule has 116 valence electrons. The summed E-state index contributed by atoms with van der Waals surface area (Å²) in [5.74, 6) is 0.678. The summed E-state index contributed by atoms with van der Waals surface area (Å²) in [6.07, 6.45) is 8.67. The summed E-state index contributed by atoms with van der Waals surface area (Å²) in [5, 5.41) is 4.20. The van der Waals surface area contributed by atoms with Crippen LogP contribution in [-0.4, -0.2) is 41.9 Å². The molecule has 1 atom stereocenters. The standard InChI is InChI=1S/C16H16N6O/c1-11-17-7-5-13(20-11)14-4-2-8-21(14)16(23)12-10-19-22-9-3-6-18-15(12)22/h3,5-7,9-10,14H,2,4,8H2,1H3/t14-/m1/s1. The Morgan fingerprint density at radius 2 is 2.22 bits per heavy atom. The van der Waals surface area contributed by atoms with Gasteiger partial charge in [0.25, 0.3) is 5.91 Å². The third-order valence-electron chi connectivity index (χ3n) is 4.16. The SMILES string of the molecule is Cc1nccc([C@H]2CCCN2C(=O)c2cnn3cccnc23)n1. The highest BCUT2D eigenvalue weighted by Crippen LogP contribution is 2.32. The molecule has 1 saturated heterocycles. The predicted octanol–water partition coefficient (Wildman–Crippen LogP) is 1.81. The van der Waals surface area contributed by atoms with E-state index >= 15 is 0 Å². The van der Waals surface area contributed by atoms with E-state index in [0.29, 0.717) is 11.2 Å². The fraction of sp³-hybridized carbons (Fsp3) is 0.312. The van der Waals surface area contributed by atoms with Gasteiger partial charge >= 0.3 is 0 Å². The van der Waals surface area contributed by atoms with Crippen molar-refractivity contribution in [3.8, 4) is 0 Å². The fourth-order valence-corrected chi connectivity index (χ4v) is 3.11. The molecule has 3 aromatic heterocycles. The molecule has 1 aliphatic rings. The van der Waals surface area contributed by atoms with Gasteiger partial charge in [-0.05, 0) is 31.9 Å². The number of hydrogen-bond donors (Lipinski definition) is 0. The summed E-state index contributed by atoms with van der Waals surface area (Å²) in [6, 6.07) is 3.66. The van der Waals surface area contributed by atoms with E-state index in [-0.39, 0.29) is 11.9 Å². The molecule has 7 nitrogen and oxygen atoms in total. The zero-order valence-electron chi connectivity index (χ0n) is 12.8. The number of aryl methyl sites for hydroxylation is 1. The van der Waals surface area contributed by atoms with Crippen molar-refractivity contribution < 1.29 is 4.79 Å². The van der Waals surface area contributed by atoms with E-state index in [0.717, 1.165) is 30.9 Å². The zero-order valence-corrected chi connectivity index (χ0v) is 12.8. The van der Waals surface area contributed by atoms with Gasteiger partial charge in [-0.2, -0.15) is 5.10 Å². The van der Waals surface area contributed by atoms with Crippen molar-refractivity contribution in [1.29, 1.82) is 0 Å². The summed E-state index contributed by atoms with van der Waals surface area (Å²) in [5.41, 5.74) is 2.01. The van der Waals surface area contributed by atoms with Crippen LogP contribution < -0.4 is 0 Å². The second-order valence-corrected chi connectivity index (χ2v) is 5.63. The number of nitrogens with zero attached hydrogens (tertiary/aromatic N) is 6. The maximum Gasteiger partial charge on any atom is 0.259 e. The minimum atomic E-state index is -0.0440. The Hall–Kier alpha value is -2.83.